The topological polar surface area (TPSA) is 29.1 Å². The smallest absolute Gasteiger partial charge is 0.251 e. The van der Waals surface area contributed by atoms with Gasteiger partial charge in [-0.05, 0) is 60.4 Å². The predicted octanol–water partition coefficient (Wildman–Crippen LogP) is 4.18. The molecule has 0 saturated heterocycles. The third kappa shape index (κ3) is 3.91. The van der Waals surface area contributed by atoms with Crippen molar-refractivity contribution in [2.45, 2.75) is 26.3 Å². The van der Waals surface area contributed by atoms with E-state index in [9.17, 15) is 4.79 Å². The quantitative estimate of drug-likeness (QED) is 0.890. The molecule has 0 spiro atoms. The SMILES string of the molecule is Cc1ccc(C(=O)NC(C)Cc2ccsc2)cc1Br. The third-order valence-corrected chi connectivity index (χ3v) is 4.52. The van der Waals surface area contributed by atoms with E-state index in [2.05, 4.69) is 38.1 Å². The minimum atomic E-state index is -0.0246. The van der Waals surface area contributed by atoms with Gasteiger partial charge in [-0.15, -0.1) is 0 Å². The maximum atomic E-state index is 12.1. The van der Waals surface area contributed by atoms with Crippen molar-refractivity contribution in [2.75, 3.05) is 0 Å². The van der Waals surface area contributed by atoms with Crippen LogP contribution in [0.3, 0.4) is 0 Å². The highest BCUT2D eigenvalue weighted by atomic mass is 79.9. The summed E-state index contributed by atoms with van der Waals surface area (Å²) in [5, 5.41) is 7.20. The molecule has 0 saturated carbocycles. The lowest BCUT2D eigenvalue weighted by molar-refractivity contribution is 0.0940. The molecule has 2 nitrogen and oxygen atoms in total. The van der Waals surface area contributed by atoms with Crippen LogP contribution in [0.1, 0.15) is 28.4 Å². The van der Waals surface area contributed by atoms with Gasteiger partial charge in [-0.3, -0.25) is 4.79 Å². The standard InChI is InChI=1S/C15H16BrNOS/c1-10-3-4-13(8-14(10)16)15(18)17-11(2)7-12-5-6-19-9-12/h3-6,8-9,11H,7H2,1-2H3,(H,17,18). The Labute approximate surface area is 126 Å². The lowest BCUT2D eigenvalue weighted by Gasteiger charge is -2.13. The van der Waals surface area contributed by atoms with Crippen molar-refractivity contribution in [3.63, 3.8) is 0 Å². The zero-order chi connectivity index (χ0) is 13.8. The number of aryl methyl sites for hydroxylation is 1. The van der Waals surface area contributed by atoms with E-state index in [0.717, 1.165) is 16.5 Å². The van der Waals surface area contributed by atoms with Gasteiger partial charge in [0.25, 0.3) is 5.91 Å². The van der Waals surface area contributed by atoms with E-state index < -0.39 is 0 Å². The molecule has 0 bridgehead atoms. The number of thiophene rings is 1. The zero-order valence-electron chi connectivity index (χ0n) is 10.9. The average molecular weight is 338 g/mol. The Bertz CT molecular complexity index is 566. The van der Waals surface area contributed by atoms with Gasteiger partial charge in [0.05, 0.1) is 0 Å². The summed E-state index contributed by atoms with van der Waals surface area (Å²) in [5.41, 5.74) is 3.08. The second-order valence-corrected chi connectivity index (χ2v) is 6.31. The van der Waals surface area contributed by atoms with Crippen LogP contribution in [0.2, 0.25) is 0 Å². The number of carbonyl (C=O) groups is 1. The van der Waals surface area contributed by atoms with Gasteiger partial charge in [-0.25, -0.2) is 0 Å². The molecule has 4 heteroatoms. The monoisotopic (exact) mass is 337 g/mol. The molecule has 1 heterocycles. The summed E-state index contributed by atoms with van der Waals surface area (Å²) in [6, 6.07) is 7.88. The summed E-state index contributed by atoms with van der Waals surface area (Å²) < 4.78 is 0.964. The predicted molar refractivity (Wildman–Crippen MR) is 83.8 cm³/mol. The molecule has 0 aliphatic carbocycles. The van der Waals surface area contributed by atoms with Crippen molar-refractivity contribution in [3.05, 3.63) is 56.2 Å². The molecule has 0 aliphatic rings. The normalized spacial score (nSPS) is 12.2. The molecule has 2 rings (SSSR count). The van der Waals surface area contributed by atoms with Crippen LogP contribution in [-0.4, -0.2) is 11.9 Å². The third-order valence-electron chi connectivity index (χ3n) is 2.93. The van der Waals surface area contributed by atoms with Gasteiger partial charge in [-0.2, -0.15) is 11.3 Å². The highest BCUT2D eigenvalue weighted by Crippen LogP contribution is 2.17. The van der Waals surface area contributed by atoms with E-state index in [-0.39, 0.29) is 11.9 Å². The number of benzene rings is 1. The molecule has 1 unspecified atom stereocenters. The van der Waals surface area contributed by atoms with Crippen molar-refractivity contribution in [2.24, 2.45) is 0 Å². The number of amides is 1. The van der Waals surface area contributed by atoms with Crippen molar-refractivity contribution in [1.29, 1.82) is 0 Å². The van der Waals surface area contributed by atoms with Crippen molar-refractivity contribution >= 4 is 33.2 Å². The van der Waals surface area contributed by atoms with Crippen LogP contribution in [0.25, 0.3) is 0 Å². The van der Waals surface area contributed by atoms with Gasteiger partial charge in [0, 0.05) is 16.1 Å². The fraction of sp³-hybridized carbons (Fsp3) is 0.267. The van der Waals surface area contributed by atoms with Crippen molar-refractivity contribution in [1.82, 2.24) is 5.32 Å². The first kappa shape index (κ1) is 14.3. The van der Waals surface area contributed by atoms with Gasteiger partial charge < -0.3 is 5.32 Å². The number of carbonyl (C=O) groups excluding carboxylic acids is 1. The Morgan fingerprint density at radius 1 is 1.42 bits per heavy atom. The van der Waals surface area contributed by atoms with Gasteiger partial charge in [0.15, 0.2) is 0 Å². The van der Waals surface area contributed by atoms with Crippen LogP contribution in [0.15, 0.2) is 39.5 Å². The van der Waals surface area contributed by atoms with Crippen LogP contribution in [0, 0.1) is 6.92 Å². The molecule has 100 valence electrons. The molecule has 0 aliphatic heterocycles. The summed E-state index contributed by atoms with van der Waals surface area (Å²) in [5.74, 6) is -0.0246. The maximum absolute atomic E-state index is 12.1. The number of halogens is 1. The molecule has 0 fully saturated rings. The Morgan fingerprint density at radius 2 is 2.21 bits per heavy atom. The van der Waals surface area contributed by atoms with Crippen LogP contribution in [-0.2, 0) is 6.42 Å². The van der Waals surface area contributed by atoms with Crippen LogP contribution < -0.4 is 5.32 Å². The van der Waals surface area contributed by atoms with Gasteiger partial charge in [0.1, 0.15) is 0 Å². The molecule has 1 N–H and O–H groups in total. The Morgan fingerprint density at radius 3 is 2.84 bits per heavy atom. The first-order valence-corrected chi connectivity index (χ1v) is 7.88. The van der Waals surface area contributed by atoms with Crippen molar-refractivity contribution in [3.8, 4) is 0 Å². The molecular formula is C15H16BrNOS. The summed E-state index contributed by atoms with van der Waals surface area (Å²) in [6.07, 6.45) is 0.863. The zero-order valence-corrected chi connectivity index (χ0v) is 13.3. The first-order chi connectivity index (χ1) is 9.06. The Kier molecular flexibility index (Phi) is 4.77. The minimum absolute atomic E-state index is 0.0246. The van der Waals surface area contributed by atoms with Crippen LogP contribution >= 0.6 is 27.3 Å². The highest BCUT2D eigenvalue weighted by Gasteiger charge is 2.11. The molecular weight excluding hydrogens is 322 g/mol. The molecule has 0 radical (unpaired) electrons. The van der Waals surface area contributed by atoms with E-state index in [0.29, 0.717) is 5.56 Å². The number of nitrogens with one attached hydrogen (secondary N) is 1. The van der Waals surface area contributed by atoms with E-state index in [1.807, 2.05) is 32.0 Å². The van der Waals surface area contributed by atoms with Crippen LogP contribution in [0.5, 0.6) is 0 Å². The maximum Gasteiger partial charge on any atom is 0.251 e. The lowest BCUT2D eigenvalue weighted by Crippen LogP contribution is -2.34. The fourth-order valence-corrected chi connectivity index (χ4v) is 2.91. The number of rotatable bonds is 4. The first-order valence-electron chi connectivity index (χ1n) is 6.14. The second kappa shape index (κ2) is 6.35. The van der Waals surface area contributed by atoms with E-state index in [4.69, 9.17) is 0 Å². The van der Waals surface area contributed by atoms with Gasteiger partial charge >= 0.3 is 0 Å². The molecule has 2 aromatic rings. The lowest BCUT2D eigenvalue weighted by atomic mass is 10.1. The molecule has 19 heavy (non-hydrogen) atoms. The van der Waals surface area contributed by atoms with E-state index >= 15 is 0 Å². The van der Waals surface area contributed by atoms with Gasteiger partial charge in [-0.1, -0.05) is 22.0 Å². The molecule has 1 atom stereocenters. The van der Waals surface area contributed by atoms with Crippen molar-refractivity contribution < 1.29 is 4.79 Å². The fourth-order valence-electron chi connectivity index (χ4n) is 1.85. The second-order valence-electron chi connectivity index (χ2n) is 4.67. The van der Waals surface area contributed by atoms with E-state index in [1.54, 1.807) is 11.3 Å². The average Bonchev–Trinajstić information content (AvgIpc) is 2.85. The summed E-state index contributed by atoms with van der Waals surface area (Å²) in [7, 11) is 0. The molecule has 1 aromatic heterocycles. The summed E-state index contributed by atoms with van der Waals surface area (Å²) >= 11 is 5.13. The Hall–Kier alpha value is -1.13. The Balaban J connectivity index is 1.98. The van der Waals surface area contributed by atoms with Crippen LogP contribution in [0.4, 0.5) is 0 Å². The summed E-state index contributed by atoms with van der Waals surface area (Å²) in [4.78, 5) is 12.1. The summed E-state index contributed by atoms with van der Waals surface area (Å²) in [6.45, 7) is 4.03. The number of hydrogen-bond acceptors (Lipinski definition) is 2. The molecule has 1 amide bonds. The minimum Gasteiger partial charge on any atom is -0.349 e. The highest BCUT2D eigenvalue weighted by molar-refractivity contribution is 9.10. The largest absolute Gasteiger partial charge is 0.349 e. The number of hydrogen-bond donors (Lipinski definition) is 1. The van der Waals surface area contributed by atoms with E-state index in [1.165, 1.54) is 5.56 Å². The van der Waals surface area contributed by atoms with Gasteiger partial charge in [0.2, 0.25) is 0 Å². The molecule has 1 aromatic carbocycles.